The van der Waals surface area contributed by atoms with Gasteiger partial charge in [0.25, 0.3) is 5.91 Å². The molecule has 2 aromatic rings. The zero-order chi connectivity index (χ0) is 15.9. The fourth-order valence-corrected chi connectivity index (χ4v) is 3.36. The Labute approximate surface area is 136 Å². The number of piperazine rings is 1. The van der Waals surface area contributed by atoms with Crippen molar-refractivity contribution < 1.29 is 4.79 Å². The average Bonchev–Trinajstić information content (AvgIpc) is 2.46. The van der Waals surface area contributed by atoms with Gasteiger partial charge < -0.3 is 15.2 Å². The molecule has 0 unspecified atom stereocenters. The number of benzene rings is 1. The number of aromatic amines is 1. The van der Waals surface area contributed by atoms with E-state index < -0.39 is 0 Å². The van der Waals surface area contributed by atoms with E-state index in [1.165, 1.54) is 6.07 Å². The van der Waals surface area contributed by atoms with Crippen molar-refractivity contribution in [3.8, 4) is 0 Å². The van der Waals surface area contributed by atoms with Crippen molar-refractivity contribution in [2.24, 2.45) is 0 Å². The molecule has 6 heteroatoms. The smallest absolute Gasteiger partial charge is 0.270 e. The van der Waals surface area contributed by atoms with Gasteiger partial charge in [-0.25, -0.2) is 0 Å². The molecule has 22 heavy (non-hydrogen) atoms. The molecule has 116 valence electrons. The molecule has 1 aromatic heterocycles. The van der Waals surface area contributed by atoms with Crippen LogP contribution in [0.4, 0.5) is 0 Å². The molecule has 2 heterocycles. The summed E-state index contributed by atoms with van der Waals surface area (Å²) in [6.07, 6.45) is 0. The lowest BCUT2D eigenvalue weighted by atomic mass is 10.1. The normalized spacial score (nSPS) is 22.0. The molecule has 2 N–H and O–H groups in total. The van der Waals surface area contributed by atoms with E-state index in [0.29, 0.717) is 29.7 Å². The maximum Gasteiger partial charge on any atom is 0.270 e. The number of H-pyrrole nitrogens is 1. The second-order valence-corrected chi connectivity index (χ2v) is 6.83. The van der Waals surface area contributed by atoms with Crippen LogP contribution in [-0.4, -0.2) is 41.0 Å². The SMILES string of the molecule is C[C@@H]1CN(C(=O)c2cc(=O)c3cc(Br)ccc3[nH]2)C[C@H](C)N1. The molecule has 1 saturated heterocycles. The average molecular weight is 364 g/mol. The highest BCUT2D eigenvalue weighted by Gasteiger charge is 2.26. The van der Waals surface area contributed by atoms with Gasteiger partial charge in [-0.2, -0.15) is 0 Å². The minimum absolute atomic E-state index is 0.123. The predicted molar refractivity (Wildman–Crippen MR) is 90.2 cm³/mol. The van der Waals surface area contributed by atoms with E-state index in [1.54, 1.807) is 17.0 Å². The van der Waals surface area contributed by atoms with Crippen LogP contribution in [0.5, 0.6) is 0 Å². The summed E-state index contributed by atoms with van der Waals surface area (Å²) in [5.74, 6) is -0.123. The molecule has 0 bridgehead atoms. The van der Waals surface area contributed by atoms with E-state index in [0.717, 1.165) is 4.47 Å². The van der Waals surface area contributed by atoms with E-state index in [4.69, 9.17) is 0 Å². The van der Waals surface area contributed by atoms with Crippen LogP contribution in [0.2, 0.25) is 0 Å². The van der Waals surface area contributed by atoms with Crippen LogP contribution in [-0.2, 0) is 0 Å². The fourth-order valence-electron chi connectivity index (χ4n) is 3.00. The van der Waals surface area contributed by atoms with Gasteiger partial charge in [-0.05, 0) is 32.0 Å². The summed E-state index contributed by atoms with van der Waals surface area (Å²) in [6.45, 7) is 5.39. The largest absolute Gasteiger partial charge is 0.350 e. The molecule has 5 nitrogen and oxygen atoms in total. The Bertz CT molecular complexity index is 777. The topological polar surface area (TPSA) is 65.2 Å². The standard InChI is InChI=1S/C16H18BrN3O2/c1-9-7-20(8-10(2)18-9)16(22)14-6-15(21)12-5-11(17)3-4-13(12)19-14/h3-6,9-10,18H,7-8H2,1-2H3,(H,19,21)/t9-,10+. The van der Waals surface area contributed by atoms with E-state index in [2.05, 4.69) is 40.1 Å². The number of rotatable bonds is 1. The van der Waals surface area contributed by atoms with Gasteiger partial charge in [0.2, 0.25) is 0 Å². The maximum absolute atomic E-state index is 12.7. The number of halogens is 1. The predicted octanol–water partition coefficient (Wildman–Crippen LogP) is 2.11. The minimum atomic E-state index is -0.144. The Balaban J connectivity index is 1.97. The third-order valence-electron chi connectivity index (χ3n) is 3.87. The first-order valence-corrected chi connectivity index (χ1v) is 8.11. The first kappa shape index (κ1) is 15.2. The number of carbonyl (C=O) groups excluding carboxylic acids is 1. The summed E-state index contributed by atoms with van der Waals surface area (Å²) in [7, 11) is 0. The fraction of sp³-hybridized carbons (Fsp3) is 0.375. The summed E-state index contributed by atoms with van der Waals surface area (Å²) in [5, 5.41) is 3.97. The highest BCUT2D eigenvalue weighted by Crippen LogP contribution is 2.17. The Hall–Kier alpha value is -1.66. The van der Waals surface area contributed by atoms with Crippen molar-refractivity contribution in [3.63, 3.8) is 0 Å². The number of fused-ring (bicyclic) bond motifs is 1. The Morgan fingerprint density at radius 1 is 1.23 bits per heavy atom. The molecular weight excluding hydrogens is 346 g/mol. The van der Waals surface area contributed by atoms with Crippen molar-refractivity contribution in [3.05, 3.63) is 44.7 Å². The van der Waals surface area contributed by atoms with E-state index in [-0.39, 0.29) is 23.4 Å². The van der Waals surface area contributed by atoms with Gasteiger partial charge in [-0.15, -0.1) is 0 Å². The number of hydrogen-bond acceptors (Lipinski definition) is 3. The molecule has 0 aliphatic carbocycles. The third-order valence-corrected chi connectivity index (χ3v) is 4.36. The Morgan fingerprint density at radius 2 is 1.91 bits per heavy atom. The Morgan fingerprint density at radius 3 is 2.59 bits per heavy atom. The van der Waals surface area contributed by atoms with Crippen LogP contribution in [0.1, 0.15) is 24.3 Å². The van der Waals surface area contributed by atoms with Gasteiger partial charge in [0.1, 0.15) is 5.69 Å². The van der Waals surface area contributed by atoms with Crippen molar-refractivity contribution >= 4 is 32.7 Å². The molecule has 1 fully saturated rings. The molecule has 3 rings (SSSR count). The Kier molecular flexibility index (Phi) is 4.06. The first-order chi connectivity index (χ1) is 10.4. The lowest BCUT2D eigenvalue weighted by Crippen LogP contribution is -2.56. The van der Waals surface area contributed by atoms with Gasteiger partial charge in [0.15, 0.2) is 5.43 Å². The summed E-state index contributed by atoms with van der Waals surface area (Å²) in [5.41, 5.74) is 0.881. The van der Waals surface area contributed by atoms with Crippen LogP contribution in [0.3, 0.4) is 0 Å². The van der Waals surface area contributed by atoms with Crippen LogP contribution < -0.4 is 10.7 Å². The second kappa shape index (κ2) is 5.85. The second-order valence-electron chi connectivity index (χ2n) is 5.92. The summed E-state index contributed by atoms with van der Waals surface area (Å²) in [4.78, 5) is 29.8. The number of aromatic nitrogens is 1. The summed E-state index contributed by atoms with van der Waals surface area (Å²) in [6, 6.07) is 7.31. The zero-order valence-corrected chi connectivity index (χ0v) is 14.1. The van der Waals surface area contributed by atoms with Crippen molar-refractivity contribution in [2.45, 2.75) is 25.9 Å². The van der Waals surface area contributed by atoms with Crippen LogP contribution in [0, 0.1) is 0 Å². The molecule has 1 aliphatic heterocycles. The third kappa shape index (κ3) is 2.94. The van der Waals surface area contributed by atoms with Gasteiger partial charge in [0.05, 0.1) is 0 Å². The van der Waals surface area contributed by atoms with Crippen LogP contribution in [0.15, 0.2) is 33.5 Å². The number of hydrogen-bond donors (Lipinski definition) is 2. The number of pyridine rings is 1. The van der Waals surface area contributed by atoms with Crippen molar-refractivity contribution in [1.82, 2.24) is 15.2 Å². The van der Waals surface area contributed by atoms with E-state index in [9.17, 15) is 9.59 Å². The van der Waals surface area contributed by atoms with Crippen molar-refractivity contribution in [2.75, 3.05) is 13.1 Å². The molecule has 0 saturated carbocycles. The molecule has 1 aromatic carbocycles. The van der Waals surface area contributed by atoms with Crippen molar-refractivity contribution in [1.29, 1.82) is 0 Å². The molecular formula is C16H18BrN3O2. The summed E-state index contributed by atoms with van der Waals surface area (Å²) >= 11 is 3.35. The monoisotopic (exact) mass is 363 g/mol. The lowest BCUT2D eigenvalue weighted by molar-refractivity contribution is 0.0668. The van der Waals surface area contributed by atoms with Crippen LogP contribution >= 0.6 is 15.9 Å². The maximum atomic E-state index is 12.7. The molecule has 0 radical (unpaired) electrons. The minimum Gasteiger partial charge on any atom is -0.350 e. The molecule has 1 aliphatic rings. The van der Waals surface area contributed by atoms with Gasteiger partial charge in [-0.1, -0.05) is 15.9 Å². The highest BCUT2D eigenvalue weighted by molar-refractivity contribution is 9.10. The van der Waals surface area contributed by atoms with Gasteiger partial charge >= 0.3 is 0 Å². The van der Waals surface area contributed by atoms with E-state index in [1.807, 2.05) is 6.07 Å². The highest BCUT2D eigenvalue weighted by atomic mass is 79.9. The summed E-state index contributed by atoms with van der Waals surface area (Å²) < 4.78 is 0.842. The molecule has 1 amide bonds. The number of carbonyl (C=O) groups is 1. The number of amides is 1. The number of nitrogens with zero attached hydrogens (tertiary/aromatic N) is 1. The molecule has 2 atom stereocenters. The first-order valence-electron chi connectivity index (χ1n) is 7.32. The number of nitrogens with one attached hydrogen (secondary N) is 2. The van der Waals surface area contributed by atoms with E-state index >= 15 is 0 Å². The molecule has 0 spiro atoms. The van der Waals surface area contributed by atoms with Gasteiger partial charge in [0, 0.05) is 46.6 Å². The quantitative estimate of drug-likeness (QED) is 0.815. The van der Waals surface area contributed by atoms with Crippen LogP contribution in [0.25, 0.3) is 10.9 Å². The zero-order valence-electron chi connectivity index (χ0n) is 12.5. The van der Waals surface area contributed by atoms with Gasteiger partial charge in [-0.3, -0.25) is 9.59 Å². The lowest BCUT2D eigenvalue weighted by Gasteiger charge is -2.36.